The molecule has 0 saturated carbocycles. The van der Waals surface area contributed by atoms with Gasteiger partial charge in [-0.25, -0.2) is 4.39 Å². The van der Waals surface area contributed by atoms with Crippen LogP contribution in [-0.4, -0.2) is 24.4 Å². The molecule has 1 heterocycles. The van der Waals surface area contributed by atoms with Gasteiger partial charge in [0, 0.05) is 25.1 Å². The first-order chi connectivity index (χ1) is 9.60. The van der Waals surface area contributed by atoms with E-state index in [1.165, 1.54) is 17.0 Å². The Hall–Kier alpha value is -1.91. The Morgan fingerprint density at radius 2 is 2.30 bits per heavy atom. The minimum absolute atomic E-state index is 0.0225. The molecule has 20 heavy (non-hydrogen) atoms. The molecule has 2 amide bonds. The van der Waals surface area contributed by atoms with Crippen LogP contribution in [0.25, 0.3) is 0 Å². The van der Waals surface area contributed by atoms with Crippen LogP contribution in [0.3, 0.4) is 0 Å². The molecule has 1 atom stereocenters. The van der Waals surface area contributed by atoms with Gasteiger partial charge in [-0.15, -0.1) is 0 Å². The van der Waals surface area contributed by atoms with E-state index >= 15 is 0 Å². The summed E-state index contributed by atoms with van der Waals surface area (Å²) in [4.78, 5) is 25.1. The molecule has 0 radical (unpaired) electrons. The average Bonchev–Trinajstić information content (AvgIpc) is 2.77. The van der Waals surface area contributed by atoms with Crippen molar-refractivity contribution in [3.63, 3.8) is 0 Å². The number of benzene rings is 1. The van der Waals surface area contributed by atoms with Gasteiger partial charge in [0.1, 0.15) is 5.82 Å². The number of hydrogen-bond donors (Lipinski definition) is 1. The highest BCUT2D eigenvalue weighted by Gasteiger charge is 2.31. The van der Waals surface area contributed by atoms with Crippen molar-refractivity contribution >= 4 is 17.5 Å². The molecule has 1 aromatic rings. The fourth-order valence-electron chi connectivity index (χ4n) is 2.33. The van der Waals surface area contributed by atoms with E-state index in [-0.39, 0.29) is 30.1 Å². The number of anilines is 1. The van der Waals surface area contributed by atoms with Crippen LogP contribution in [-0.2, 0) is 9.59 Å². The van der Waals surface area contributed by atoms with Gasteiger partial charge in [-0.2, -0.15) is 0 Å². The van der Waals surface area contributed by atoms with E-state index in [0.29, 0.717) is 18.7 Å². The first-order valence-electron chi connectivity index (χ1n) is 6.95. The molecule has 4 nitrogen and oxygen atoms in total. The number of unbranched alkanes of at least 4 members (excludes halogenated alkanes) is 1. The molecular formula is C15H19FN2O2. The summed E-state index contributed by atoms with van der Waals surface area (Å²) < 4.78 is 13.2. The number of carbonyl (C=O) groups excluding carboxylic acids is 2. The molecular weight excluding hydrogens is 259 g/mol. The number of hydrogen-bond acceptors (Lipinski definition) is 2. The average molecular weight is 278 g/mol. The number of halogens is 1. The molecule has 1 aliphatic rings. The van der Waals surface area contributed by atoms with Crippen LogP contribution in [0.1, 0.15) is 32.6 Å². The van der Waals surface area contributed by atoms with Crippen LogP contribution in [0.5, 0.6) is 0 Å². The van der Waals surface area contributed by atoms with Crippen molar-refractivity contribution in [2.24, 2.45) is 0 Å². The van der Waals surface area contributed by atoms with Gasteiger partial charge in [0.15, 0.2) is 0 Å². The fourth-order valence-corrected chi connectivity index (χ4v) is 2.33. The van der Waals surface area contributed by atoms with Gasteiger partial charge in [0.2, 0.25) is 11.8 Å². The summed E-state index contributed by atoms with van der Waals surface area (Å²) in [6, 6.07) is 5.76. The Kier molecular flexibility index (Phi) is 4.71. The van der Waals surface area contributed by atoms with Crippen LogP contribution in [0.2, 0.25) is 0 Å². The summed E-state index contributed by atoms with van der Waals surface area (Å²) in [5.74, 6) is -0.479. The largest absolute Gasteiger partial charge is 0.351 e. The van der Waals surface area contributed by atoms with Crippen molar-refractivity contribution in [2.75, 3.05) is 11.4 Å². The lowest BCUT2D eigenvalue weighted by Crippen LogP contribution is -2.37. The molecule has 1 saturated heterocycles. The van der Waals surface area contributed by atoms with Gasteiger partial charge in [-0.1, -0.05) is 19.4 Å². The lowest BCUT2D eigenvalue weighted by atomic mass is 10.2. The highest BCUT2D eigenvalue weighted by atomic mass is 19.1. The maximum absolute atomic E-state index is 13.2. The molecule has 1 fully saturated rings. The van der Waals surface area contributed by atoms with Crippen molar-refractivity contribution in [1.29, 1.82) is 0 Å². The molecule has 108 valence electrons. The van der Waals surface area contributed by atoms with Crippen molar-refractivity contribution in [3.8, 4) is 0 Å². The molecule has 0 unspecified atom stereocenters. The Morgan fingerprint density at radius 1 is 1.50 bits per heavy atom. The molecule has 1 aliphatic heterocycles. The molecule has 0 bridgehead atoms. The lowest BCUT2D eigenvalue weighted by molar-refractivity contribution is -0.121. The highest BCUT2D eigenvalue weighted by molar-refractivity contribution is 5.96. The van der Waals surface area contributed by atoms with E-state index in [0.717, 1.165) is 12.8 Å². The third-order valence-corrected chi connectivity index (χ3v) is 3.37. The Balaban J connectivity index is 1.95. The second kappa shape index (κ2) is 6.50. The molecule has 2 rings (SSSR count). The number of rotatable bonds is 5. The summed E-state index contributed by atoms with van der Waals surface area (Å²) in [6.45, 7) is 2.43. The summed E-state index contributed by atoms with van der Waals surface area (Å²) >= 11 is 0. The third-order valence-electron chi connectivity index (χ3n) is 3.37. The first-order valence-corrected chi connectivity index (χ1v) is 6.95. The maximum atomic E-state index is 13.2. The zero-order chi connectivity index (χ0) is 14.5. The van der Waals surface area contributed by atoms with Crippen molar-refractivity contribution in [1.82, 2.24) is 5.32 Å². The summed E-state index contributed by atoms with van der Waals surface area (Å²) in [5.41, 5.74) is 0.542. The van der Waals surface area contributed by atoms with E-state index in [1.807, 2.05) is 6.92 Å². The summed E-state index contributed by atoms with van der Waals surface area (Å²) in [6.07, 6.45) is 2.57. The second-order valence-electron chi connectivity index (χ2n) is 5.06. The molecule has 0 spiro atoms. The Morgan fingerprint density at radius 3 is 3.00 bits per heavy atom. The van der Waals surface area contributed by atoms with Gasteiger partial charge < -0.3 is 10.2 Å². The van der Waals surface area contributed by atoms with Crippen molar-refractivity contribution in [3.05, 3.63) is 30.1 Å². The lowest BCUT2D eigenvalue weighted by Gasteiger charge is -2.17. The van der Waals surface area contributed by atoms with Gasteiger partial charge in [-0.3, -0.25) is 9.59 Å². The minimum atomic E-state index is -0.370. The van der Waals surface area contributed by atoms with Crippen LogP contribution in [0.4, 0.5) is 10.1 Å². The number of nitrogens with one attached hydrogen (secondary N) is 1. The topological polar surface area (TPSA) is 49.4 Å². The molecule has 5 heteroatoms. The van der Waals surface area contributed by atoms with Gasteiger partial charge in [0.25, 0.3) is 0 Å². The number of amides is 2. The zero-order valence-electron chi connectivity index (χ0n) is 11.6. The van der Waals surface area contributed by atoms with E-state index in [9.17, 15) is 14.0 Å². The SMILES string of the molecule is CCCCC(=O)N[C@@H]1CC(=O)N(c2cccc(F)c2)C1. The van der Waals surface area contributed by atoms with Crippen molar-refractivity contribution < 1.29 is 14.0 Å². The van der Waals surface area contributed by atoms with Crippen LogP contribution < -0.4 is 10.2 Å². The highest BCUT2D eigenvalue weighted by Crippen LogP contribution is 2.22. The van der Waals surface area contributed by atoms with Gasteiger partial charge in [-0.05, 0) is 24.6 Å². The molecule has 1 N–H and O–H groups in total. The van der Waals surface area contributed by atoms with Crippen LogP contribution >= 0.6 is 0 Å². The molecule has 0 aromatic heterocycles. The van der Waals surface area contributed by atoms with Crippen LogP contribution in [0.15, 0.2) is 24.3 Å². The Labute approximate surface area is 118 Å². The monoisotopic (exact) mass is 278 g/mol. The van der Waals surface area contributed by atoms with Crippen molar-refractivity contribution in [2.45, 2.75) is 38.6 Å². The zero-order valence-corrected chi connectivity index (χ0v) is 11.6. The third kappa shape index (κ3) is 3.56. The fraction of sp³-hybridized carbons (Fsp3) is 0.467. The van der Waals surface area contributed by atoms with E-state index in [1.54, 1.807) is 12.1 Å². The first kappa shape index (κ1) is 14.5. The predicted molar refractivity (Wildman–Crippen MR) is 74.8 cm³/mol. The van der Waals surface area contributed by atoms with Crippen LogP contribution in [0, 0.1) is 5.82 Å². The summed E-state index contributed by atoms with van der Waals surface area (Å²) in [7, 11) is 0. The Bertz CT molecular complexity index is 504. The maximum Gasteiger partial charge on any atom is 0.229 e. The summed E-state index contributed by atoms with van der Waals surface area (Å²) in [5, 5.41) is 2.86. The normalized spacial score (nSPS) is 18.4. The molecule has 0 aliphatic carbocycles. The molecule has 1 aromatic carbocycles. The number of nitrogens with zero attached hydrogens (tertiary/aromatic N) is 1. The minimum Gasteiger partial charge on any atom is -0.351 e. The standard InChI is InChI=1S/C15H19FN2O2/c1-2-3-7-14(19)17-12-9-15(20)18(10-12)13-6-4-5-11(16)8-13/h4-6,8,12H,2-3,7,9-10H2,1H3,(H,17,19)/t12-/m1/s1. The predicted octanol–water partition coefficient (Wildman–Crippen LogP) is 2.24. The van der Waals surface area contributed by atoms with E-state index < -0.39 is 0 Å². The second-order valence-corrected chi connectivity index (χ2v) is 5.06. The smallest absolute Gasteiger partial charge is 0.229 e. The van der Waals surface area contributed by atoms with Gasteiger partial charge >= 0.3 is 0 Å². The number of carbonyl (C=O) groups is 2. The quantitative estimate of drug-likeness (QED) is 0.898. The van der Waals surface area contributed by atoms with E-state index in [2.05, 4.69) is 5.32 Å². The van der Waals surface area contributed by atoms with Gasteiger partial charge in [0.05, 0.1) is 6.04 Å². The van der Waals surface area contributed by atoms with E-state index in [4.69, 9.17) is 0 Å².